The Hall–Kier alpha value is -0.150. The monoisotopic (exact) mass is 276 g/mol. The van der Waals surface area contributed by atoms with Gasteiger partial charge in [-0.15, -0.1) is 0 Å². The van der Waals surface area contributed by atoms with Crippen LogP contribution in [-0.4, -0.2) is 17.2 Å². The van der Waals surface area contributed by atoms with Gasteiger partial charge >= 0.3 is 7.60 Å². The topological polar surface area (TPSA) is 46.5 Å². The molecule has 1 heterocycles. The highest BCUT2D eigenvalue weighted by Gasteiger charge is 2.21. The number of thiophene rings is 1. The molecule has 3 nitrogen and oxygen atoms in total. The molecule has 1 rings (SSSR count). The van der Waals surface area contributed by atoms with Gasteiger partial charge in [-0.25, -0.2) is 0 Å². The molecule has 0 aromatic carbocycles. The lowest BCUT2D eigenvalue weighted by molar-refractivity contribution is 0.179. The fraction of sp³-hybridized carbons (Fsp3) is 0.667. The predicted octanol–water partition coefficient (Wildman–Crippen LogP) is 4.07. The molecule has 0 radical (unpaired) electrons. The van der Waals surface area contributed by atoms with E-state index in [1.54, 1.807) is 11.3 Å². The van der Waals surface area contributed by atoms with Crippen molar-refractivity contribution in [3.8, 4) is 0 Å². The Morgan fingerprint density at radius 2 is 2.35 bits per heavy atom. The van der Waals surface area contributed by atoms with Gasteiger partial charge in [0.2, 0.25) is 0 Å². The van der Waals surface area contributed by atoms with Gasteiger partial charge in [0.1, 0.15) is 0 Å². The number of hydrogen-bond donors (Lipinski definition) is 1. The van der Waals surface area contributed by atoms with E-state index < -0.39 is 7.60 Å². The van der Waals surface area contributed by atoms with Crippen molar-refractivity contribution in [3.63, 3.8) is 0 Å². The fourth-order valence-electron chi connectivity index (χ4n) is 1.71. The highest BCUT2D eigenvalue weighted by molar-refractivity contribution is 7.52. The van der Waals surface area contributed by atoms with E-state index in [-0.39, 0.29) is 12.3 Å². The van der Waals surface area contributed by atoms with Crippen LogP contribution >= 0.6 is 18.9 Å². The zero-order valence-corrected chi connectivity index (χ0v) is 12.2. The molecule has 1 aromatic heterocycles. The van der Waals surface area contributed by atoms with Crippen molar-refractivity contribution in [1.29, 1.82) is 0 Å². The summed E-state index contributed by atoms with van der Waals surface area (Å²) in [6.07, 6.45) is 3.46. The van der Waals surface area contributed by atoms with Crippen LogP contribution in [0.5, 0.6) is 0 Å². The second kappa shape index (κ2) is 7.32. The molecule has 0 fully saturated rings. The van der Waals surface area contributed by atoms with E-state index in [9.17, 15) is 9.46 Å². The van der Waals surface area contributed by atoms with Crippen molar-refractivity contribution in [2.45, 2.75) is 45.6 Å². The first kappa shape index (κ1) is 14.9. The first-order valence-electron chi connectivity index (χ1n) is 6.05. The Morgan fingerprint density at radius 3 is 2.94 bits per heavy atom. The van der Waals surface area contributed by atoms with Gasteiger partial charge in [0.25, 0.3) is 0 Å². The van der Waals surface area contributed by atoms with Gasteiger partial charge < -0.3 is 9.42 Å². The van der Waals surface area contributed by atoms with Crippen LogP contribution in [0.1, 0.15) is 38.7 Å². The Balaban J connectivity index is 2.26. The standard InChI is InChI=1S/C12H21O3PS/c1-3-5-11(2)15-16(13,14)8-4-6-12-7-9-17-10-12/h7,9-11H,3-6,8H2,1-2H3,(H,13,14). The van der Waals surface area contributed by atoms with Crippen LogP contribution < -0.4 is 0 Å². The molecule has 0 aliphatic carbocycles. The highest BCUT2D eigenvalue weighted by atomic mass is 32.1. The van der Waals surface area contributed by atoms with E-state index in [1.165, 1.54) is 5.56 Å². The molecule has 0 amide bonds. The summed E-state index contributed by atoms with van der Waals surface area (Å²) in [4.78, 5) is 9.68. The molecule has 2 atom stereocenters. The van der Waals surface area contributed by atoms with Crippen molar-refractivity contribution in [3.05, 3.63) is 22.4 Å². The molecule has 1 aromatic rings. The second-order valence-corrected chi connectivity index (χ2v) is 7.01. The summed E-state index contributed by atoms with van der Waals surface area (Å²) in [6, 6.07) is 2.05. The maximum atomic E-state index is 11.8. The first-order valence-corrected chi connectivity index (χ1v) is 8.75. The molecule has 1 N–H and O–H groups in total. The number of rotatable bonds is 8. The summed E-state index contributed by atoms with van der Waals surface area (Å²) in [7, 11) is -3.39. The van der Waals surface area contributed by atoms with Crippen molar-refractivity contribution >= 4 is 18.9 Å². The number of aryl methyl sites for hydroxylation is 1. The maximum Gasteiger partial charge on any atom is 0.328 e. The van der Waals surface area contributed by atoms with Crippen LogP contribution in [0.4, 0.5) is 0 Å². The lowest BCUT2D eigenvalue weighted by Crippen LogP contribution is -2.07. The Kier molecular flexibility index (Phi) is 6.42. The predicted molar refractivity (Wildman–Crippen MR) is 72.8 cm³/mol. The molecule has 0 saturated carbocycles. The molecule has 5 heteroatoms. The van der Waals surface area contributed by atoms with Crippen LogP contribution in [0.2, 0.25) is 0 Å². The largest absolute Gasteiger partial charge is 0.328 e. The summed E-state index contributed by atoms with van der Waals surface area (Å²) >= 11 is 1.65. The molecule has 98 valence electrons. The minimum absolute atomic E-state index is 0.128. The van der Waals surface area contributed by atoms with Crippen LogP contribution in [-0.2, 0) is 15.5 Å². The van der Waals surface area contributed by atoms with Crippen molar-refractivity contribution in [1.82, 2.24) is 0 Å². The van der Waals surface area contributed by atoms with E-state index >= 15 is 0 Å². The normalized spacial score (nSPS) is 16.6. The average molecular weight is 276 g/mol. The van der Waals surface area contributed by atoms with Crippen LogP contribution in [0.15, 0.2) is 16.8 Å². The molecule has 0 aliphatic rings. The lowest BCUT2D eigenvalue weighted by atomic mass is 10.2. The van der Waals surface area contributed by atoms with Gasteiger partial charge in [0, 0.05) is 0 Å². The Morgan fingerprint density at radius 1 is 1.59 bits per heavy atom. The Bertz CT molecular complexity index is 351. The van der Waals surface area contributed by atoms with E-state index in [0.29, 0.717) is 6.42 Å². The molecular weight excluding hydrogens is 255 g/mol. The molecular formula is C12H21O3PS. The van der Waals surface area contributed by atoms with Crippen LogP contribution in [0.3, 0.4) is 0 Å². The van der Waals surface area contributed by atoms with Crippen molar-refractivity contribution in [2.75, 3.05) is 6.16 Å². The van der Waals surface area contributed by atoms with E-state index in [0.717, 1.165) is 19.3 Å². The molecule has 0 bridgehead atoms. The van der Waals surface area contributed by atoms with E-state index in [1.807, 2.05) is 25.3 Å². The summed E-state index contributed by atoms with van der Waals surface area (Å²) < 4.78 is 17.0. The maximum absolute atomic E-state index is 11.8. The van der Waals surface area contributed by atoms with Gasteiger partial charge in [0.05, 0.1) is 12.3 Å². The minimum Gasteiger partial charge on any atom is -0.324 e. The second-order valence-electron chi connectivity index (χ2n) is 4.30. The molecule has 0 spiro atoms. The zero-order chi connectivity index (χ0) is 12.7. The first-order chi connectivity index (χ1) is 8.03. The fourth-order valence-corrected chi connectivity index (χ4v) is 3.75. The summed E-state index contributed by atoms with van der Waals surface area (Å²) in [5.74, 6) is 0. The summed E-state index contributed by atoms with van der Waals surface area (Å²) in [5.41, 5.74) is 1.23. The summed E-state index contributed by atoms with van der Waals surface area (Å²) in [6.45, 7) is 3.89. The number of hydrogen-bond acceptors (Lipinski definition) is 3. The van der Waals surface area contributed by atoms with E-state index in [4.69, 9.17) is 4.52 Å². The molecule has 0 aliphatic heterocycles. The minimum atomic E-state index is -3.39. The van der Waals surface area contributed by atoms with Gasteiger partial charge in [-0.3, -0.25) is 4.57 Å². The lowest BCUT2D eigenvalue weighted by Gasteiger charge is -2.17. The molecule has 0 saturated heterocycles. The van der Waals surface area contributed by atoms with Gasteiger partial charge in [-0.1, -0.05) is 13.3 Å². The van der Waals surface area contributed by atoms with Crippen molar-refractivity contribution in [2.24, 2.45) is 0 Å². The molecule has 2 unspecified atom stereocenters. The summed E-state index contributed by atoms with van der Waals surface area (Å²) in [5, 5.41) is 4.09. The van der Waals surface area contributed by atoms with Crippen LogP contribution in [0, 0.1) is 0 Å². The third kappa shape index (κ3) is 6.37. The zero-order valence-electron chi connectivity index (χ0n) is 10.5. The average Bonchev–Trinajstić information content (AvgIpc) is 2.69. The van der Waals surface area contributed by atoms with Gasteiger partial charge in [0.15, 0.2) is 0 Å². The van der Waals surface area contributed by atoms with Crippen LogP contribution in [0.25, 0.3) is 0 Å². The third-order valence-corrected chi connectivity index (χ3v) is 4.83. The Labute approximate surface area is 107 Å². The quantitative estimate of drug-likeness (QED) is 0.728. The highest BCUT2D eigenvalue weighted by Crippen LogP contribution is 2.44. The third-order valence-electron chi connectivity index (χ3n) is 2.53. The van der Waals surface area contributed by atoms with Gasteiger partial charge in [-0.2, -0.15) is 11.3 Å². The van der Waals surface area contributed by atoms with E-state index in [2.05, 4.69) is 5.38 Å². The van der Waals surface area contributed by atoms with Crippen molar-refractivity contribution < 1.29 is 14.0 Å². The SMILES string of the molecule is CCCC(C)OP(=O)(O)CCCc1ccsc1. The smallest absolute Gasteiger partial charge is 0.324 e. The van der Waals surface area contributed by atoms with Gasteiger partial charge in [-0.05, 0) is 48.6 Å². The molecule has 17 heavy (non-hydrogen) atoms.